The number of benzene rings is 1. The number of anilines is 2. The van der Waals surface area contributed by atoms with Crippen LogP contribution in [0.5, 0.6) is 0 Å². The fourth-order valence-corrected chi connectivity index (χ4v) is 2.52. The number of hydrogen-bond acceptors (Lipinski definition) is 6. The Morgan fingerprint density at radius 3 is 2.54 bits per heavy atom. The Morgan fingerprint density at radius 2 is 1.96 bits per heavy atom. The minimum atomic E-state index is -0.983. The highest BCUT2D eigenvalue weighted by Crippen LogP contribution is 2.28. The fourth-order valence-electron chi connectivity index (χ4n) is 2.52. The summed E-state index contributed by atoms with van der Waals surface area (Å²) in [4.78, 5) is 16.1. The number of carbonyl (C=O) groups excluding carboxylic acids is 1. The summed E-state index contributed by atoms with van der Waals surface area (Å²) in [5.74, 6) is -2.62. The number of halogens is 2. The number of esters is 1. The molecule has 0 saturated heterocycles. The first kappa shape index (κ1) is 21.3. The zero-order valence-corrected chi connectivity index (χ0v) is 15.8. The van der Waals surface area contributed by atoms with Gasteiger partial charge in [-0.25, -0.2) is 18.6 Å². The van der Waals surface area contributed by atoms with Crippen LogP contribution in [0.25, 0.3) is 0 Å². The molecule has 1 heterocycles. The molecule has 0 amide bonds. The maximum atomic E-state index is 14.1. The molecule has 1 saturated carbocycles. The molecule has 1 aromatic carbocycles. The predicted octanol–water partition coefficient (Wildman–Crippen LogP) is 3.99. The third-order valence-electron chi connectivity index (χ3n) is 4.02. The van der Waals surface area contributed by atoms with Gasteiger partial charge in [0.15, 0.2) is 11.5 Å². The highest BCUT2D eigenvalue weighted by molar-refractivity contribution is 5.95. The molecule has 0 atom stereocenters. The molecule has 3 rings (SSSR count). The summed E-state index contributed by atoms with van der Waals surface area (Å²) in [6, 6.07) is 6.78. The molecule has 1 aliphatic rings. The van der Waals surface area contributed by atoms with Crippen LogP contribution in [0.2, 0.25) is 0 Å². The van der Waals surface area contributed by atoms with Crippen LogP contribution in [0, 0.1) is 29.9 Å². The molecule has 0 spiro atoms. The molecule has 1 fully saturated rings. The summed E-state index contributed by atoms with van der Waals surface area (Å²) in [5.41, 5.74) is -0.0776. The van der Waals surface area contributed by atoms with Crippen LogP contribution in [0.15, 0.2) is 24.3 Å². The highest BCUT2D eigenvalue weighted by Gasteiger charge is 2.32. The number of ether oxygens (including phenoxy) is 1. The van der Waals surface area contributed by atoms with E-state index in [4.69, 9.17) is 10.00 Å². The number of pyridine rings is 1. The van der Waals surface area contributed by atoms with Gasteiger partial charge in [-0.2, -0.15) is 5.26 Å². The number of hydrogen-bond donors (Lipinski definition) is 2. The molecule has 2 N–H and O–H groups in total. The van der Waals surface area contributed by atoms with Gasteiger partial charge in [0.25, 0.3) is 0 Å². The second-order valence-corrected chi connectivity index (χ2v) is 6.09. The summed E-state index contributed by atoms with van der Waals surface area (Å²) in [6.07, 6.45) is -0.399. The zero-order valence-electron chi connectivity index (χ0n) is 15.8. The van der Waals surface area contributed by atoms with Gasteiger partial charge in [0.05, 0.1) is 11.8 Å². The summed E-state index contributed by atoms with van der Waals surface area (Å²) in [5, 5.41) is 20.8. The lowest BCUT2D eigenvalue weighted by atomic mass is 9.92. The van der Waals surface area contributed by atoms with Crippen molar-refractivity contribution in [1.82, 2.24) is 4.98 Å². The summed E-state index contributed by atoms with van der Waals surface area (Å²) < 4.78 is 33.2. The maximum absolute atomic E-state index is 14.1. The largest absolute Gasteiger partial charge is 0.458 e. The second-order valence-electron chi connectivity index (χ2n) is 6.09. The number of nitriles is 1. The van der Waals surface area contributed by atoms with Crippen LogP contribution in [-0.4, -0.2) is 28.3 Å². The second kappa shape index (κ2) is 9.24. The number of nitrogens with one attached hydrogen (secondary N) is 1. The van der Waals surface area contributed by atoms with Gasteiger partial charge in [-0.05, 0) is 30.7 Å². The van der Waals surface area contributed by atoms with E-state index in [1.54, 1.807) is 19.1 Å². The molecule has 1 aromatic heterocycles. The van der Waals surface area contributed by atoms with Gasteiger partial charge in [0, 0.05) is 12.8 Å². The van der Waals surface area contributed by atoms with Crippen LogP contribution < -0.4 is 5.32 Å². The van der Waals surface area contributed by atoms with E-state index in [-0.39, 0.29) is 17.1 Å². The standard InChI is InChI=1S/C18H15F2N3O3.C2H6/c1-9-2-3-15(13(19)4-9)22-17-12(7-14(20)16(8-21)23-17)18(25)26-11-5-10(24)6-11;1-2/h2-4,7,10-11,24H,5-6H2,1H3,(H,22,23);1-2H3. The van der Waals surface area contributed by atoms with Crippen molar-refractivity contribution in [2.75, 3.05) is 5.32 Å². The number of aliphatic hydroxyl groups excluding tert-OH is 1. The van der Waals surface area contributed by atoms with E-state index >= 15 is 0 Å². The molecule has 28 heavy (non-hydrogen) atoms. The Bertz CT molecular complexity index is 906. The number of rotatable bonds is 4. The van der Waals surface area contributed by atoms with Crippen LogP contribution in [0.3, 0.4) is 0 Å². The Morgan fingerprint density at radius 1 is 1.29 bits per heavy atom. The van der Waals surface area contributed by atoms with E-state index in [1.807, 2.05) is 13.8 Å². The summed E-state index contributed by atoms with van der Waals surface area (Å²) in [7, 11) is 0. The van der Waals surface area contributed by atoms with Crippen molar-refractivity contribution >= 4 is 17.5 Å². The Hall–Kier alpha value is -3.05. The molecular weight excluding hydrogens is 368 g/mol. The molecular formula is C20H21F2N3O3. The van der Waals surface area contributed by atoms with Gasteiger partial charge in [0.1, 0.15) is 29.4 Å². The Labute approximate surface area is 161 Å². The number of nitrogens with zero attached hydrogens (tertiary/aromatic N) is 2. The SMILES string of the molecule is CC.Cc1ccc(Nc2nc(C#N)c(F)cc2C(=O)OC2CC(O)C2)c(F)c1. The van der Waals surface area contributed by atoms with Crippen molar-refractivity contribution in [2.45, 2.75) is 45.8 Å². The molecule has 0 aliphatic heterocycles. The van der Waals surface area contributed by atoms with Crippen molar-refractivity contribution in [2.24, 2.45) is 0 Å². The normalized spacial score (nSPS) is 17.5. The van der Waals surface area contributed by atoms with Crippen molar-refractivity contribution in [3.05, 3.63) is 52.7 Å². The molecule has 2 aromatic rings. The van der Waals surface area contributed by atoms with E-state index in [2.05, 4.69) is 10.3 Å². The lowest BCUT2D eigenvalue weighted by Gasteiger charge is -2.30. The molecule has 0 bridgehead atoms. The van der Waals surface area contributed by atoms with Gasteiger partial charge in [-0.1, -0.05) is 19.9 Å². The quantitative estimate of drug-likeness (QED) is 0.768. The predicted molar refractivity (Wildman–Crippen MR) is 99.1 cm³/mol. The summed E-state index contributed by atoms with van der Waals surface area (Å²) in [6.45, 7) is 5.71. The topological polar surface area (TPSA) is 95.2 Å². The minimum absolute atomic E-state index is 0.0201. The lowest BCUT2D eigenvalue weighted by Crippen LogP contribution is -2.37. The van der Waals surface area contributed by atoms with Crippen LogP contribution in [0.1, 0.15) is 48.3 Å². The van der Waals surface area contributed by atoms with Crippen molar-refractivity contribution in [3.63, 3.8) is 0 Å². The van der Waals surface area contributed by atoms with E-state index in [9.17, 15) is 18.7 Å². The number of aryl methyl sites for hydroxylation is 1. The van der Waals surface area contributed by atoms with Gasteiger partial charge in [-0.15, -0.1) is 0 Å². The molecule has 6 nitrogen and oxygen atoms in total. The Kier molecular flexibility index (Phi) is 7.01. The zero-order chi connectivity index (χ0) is 20.8. The van der Waals surface area contributed by atoms with Crippen LogP contribution in [-0.2, 0) is 4.74 Å². The van der Waals surface area contributed by atoms with Crippen LogP contribution >= 0.6 is 0 Å². The van der Waals surface area contributed by atoms with E-state index in [1.165, 1.54) is 12.1 Å². The van der Waals surface area contributed by atoms with Gasteiger partial charge in [-0.3, -0.25) is 0 Å². The molecule has 1 aliphatic carbocycles. The van der Waals surface area contributed by atoms with Crippen LogP contribution in [0.4, 0.5) is 20.3 Å². The van der Waals surface area contributed by atoms with Gasteiger partial charge in [0.2, 0.25) is 0 Å². The average Bonchev–Trinajstić information content (AvgIpc) is 2.65. The van der Waals surface area contributed by atoms with Gasteiger partial charge >= 0.3 is 5.97 Å². The number of aliphatic hydroxyl groups is 1. The minimum Gasteiger partial charge on any atom is -0.458 e. The van der Waals surface area contributed by atoms with Gasteiger partial charge < -0.3 is 15.2 Å². The smallest absolute Gasteiger partial charge is 0.342 e. The number of aromatic nitrogens is 1. The first-order valence-electron chi connectivity index (χ1n) is 8.90. The van der Waals surface area contributed by atoms with E-state index in [0.717, 1.165) is 6.07 Å². The maximum Gasteiger partial charge on any atom is 0.342 e. The average molecular weight is 389 g/mol. The molecule has 8 heteroatoms. The molecule has 0 unspecified atom stereocenters. The molecule has 148 valence electrons. The van der Waals surface area contributed by atoms with Crippen molar-refractivity contribution < 1.29 is 23.4 Å². The first-order valence-corrected chi connectivity index (χ1v) is 8.90. The highest BCUT2D eigenvalue weighted by atomic mass is 19.1. The van der Waals surface area contributed by atoms with E-state index < -0.39 is 35.5 Å². The third-order valence-corrected chi connectivity index (χ3v) is 4.02. The lowest BCUT2D eigenvalue weighted by molar-refractivity contribution is -0.0466. The Balaban J connectivity index is 0.00000136. The fraction of sp³-hybridized carbons (Fsp3) is 0.350. The molecule has 0 radical (unpaired) electrons. The number of carbonyl (C=O) groups is 1. The van der Waals surface area contributed by atoms with Crippen molar-refractivity contribution in [1.29, 1.82) is 5.26 Å². The first-order chi connectivity index (χ1) is 13.4. The van der Waals surface area contributed by atoms with Crippen molar-refractivity contribution in [3.8, 4) is 6.07 Å². The van der Waals surface area contributed by atoms with E-state index in [0.29, 0.717) is 18.4 Å². The summed E-state index contributed by atoms with van der Waals surface area (Å²) >= 11 is 0. The third kappa shape index (κ3) is 4.81. The monoisotopic (exact) mass is 389 g/mol.